The fraction of sp³-hybridized carbons (Fsp3) is 0.250. The smallest absolute Gasteiger partial charge is 0.231 e. The normalized spacial score (nSPS) is 14.8. The van der Waals surface area contributed by atoms with Gasteiger partial charge < -0.3 is 20.2 Å². The second-order valence-corrected chi connectivity index (χ2v) is 4.87. The van der Waals surface area contributed by atoms with Crippen LogP contribution in [-0.2, 0) is 0 Å². The highest BCUT2D eigenvalue weighted by Gasteiger charge is 2.20. The van der Waals surface area contributed by atoms with Crippen molar-refractivity contribution in [3.63, 3.8) is 0 Å². The lowest BCUT2D eigenvalue weighted by molar-refractivity contribution is 0.174. The van der Waals surface area contributed by atoms with Crippen LogP contribution in [0, 0.1) is 0 Å². The summed E-state index contributed by atoms with van der Waals surface area (Å²) in [4.78, 5) is 7.45. The predicted molar refractivity (Wildman–Crippen MR) is 69.8 cm³/mol. The Hall–Kier alpha value is -1.53. The molecule has 0 radical (unpaired) electrons. The van der Waals surface area contributed by atoms with Gasteiger partial charge in [0.15, 0.2) is 11.5 Å². The molecule has 0 saturated carbocycles. The van der Waals surface area contributed by atoms with Crippen LogP contribution in [0.4, 0.5) is 0 Å². The molecule has 1 aromatic carbocycles. The third-order valence-electron chi connectivity index (χ3n) is 2.93. The van der Waals surface area contributed by atoms with Crippen LogP contribution in [0.15, 0.2) is 29.0 Å². The Labute approximate surface area is 112 Å². The van der Waals surface area contributed by atoms with Gasteiger partial charge in [0, 0.05) is 6.54 Å². The van der Waals surface area contributed by atoms with Gasteiger partial charge in [0.05, 0.1) is 12.1 Å². The van der Waals surface area contributed by atoms with E-state index < -0.39 is 0 Å². The maximum Gasteiger partial charge on any atom is 0.231 e. The van der Waals surface area contributed by atoms with Crippen LogP contribution < -0.4 is 15.2 Å². The number of aromatic amines is 1. The second kappa shape index (κ2) is 4.62. The largest absolute Gasteiger partial charge is 0.454 e. The first kappa shape index (κ1) is 11.6. The number of nitrogens with zero attached hydrogens (tertiary/aromatic N) is 1. The molecule has 1 aliphatic rings. The number of imidazole rings is 1. The van der Waals surface area contributed by atoms with E-state index in [0.717, 1.165) is 27.5 Å². The first-order valence-corrected chi connectivity index (χ1v) is 6.37. The molecule has 2 heterocycles. The number of hydrogen-bond acceptors (Lipinski definition) is 4. The standard InChI is InChI=1S/C12H12BrN3O2/c13-11-5-15-12(16-11)8(4-14)7-1-2-9-10(3-7)18-6-17-9/h1-3,5,8H,4,6,14H2,(H,15,16). The zero-order valence-electron chi connectivity index (χ0n) is 9.52. The summed E-state index contributed by atoms with van der Waals surface area (Å²) in [5.41, 5.74) is 6.90. The van der Waals surface area contributed by atoms with Gasteiger partial charge in [-0.1, -0.05) is 6.07 Å². The number of nitrogens with two attached hydrogens (primary N) is 1. The average molecular weight is 310 g/mol. The summed E-state index contributed by atoms with van der Waals surface area (Å²) >= 11 is 3.35. The van der Waals surface area contributed by atoms with Gasteiger partial charge in [-0.15, -0.1) is 0 Å². The Morgan fingerprint density at radius 2 is 2.22 bits per heavy atom. The molecule has 0 amide bonds. The first-order valence-electron chi connectivity index (χ1n) is 5.58. The summed E-state index contributed by atoms with van der Waals surface area (Å²) in [6, 6.07) is 5.84. The molecule has 0 aliphatic carbocycles. The highest BCUT2D eigenvalue weighted by atomic mass is 79.9. The summed E-state index contributed by atoms with van der Waals surface area (Å²) in [5.74, 6) is 2.39. The maximum absolute atomic E-state index is 5.84. The van der Waals surface area contributed by atoms with Crippen molar-refractivity contribution in [2.45, 2.75) is 5.92 Å². The SMILES string of the molecule is NCC(c1ccc2c(c1)OCO2)c1ncc(Br)[nH]1. The van der Waals surface area contributed by atoms with E-state index in [1.54, 1.807) is 6.20 Å². The van der Waals surface area contributed by atoms with Crippen LogP contribution in [0.3, 0.4) is 0 Å². The van der Waals surface area contributed by atoms with Crippen LogP contribution in [0.5, 0.6) is 11.5 Å². The lowest BCUT2D eigenvalue weighted by Crippen LogP contribution is -2.15. The first-order chi connectivity index (χ1) is 8.78. The fourth-order valence-electron chi connectivity index (χ4n) is 2.03. The molecule has 1 aromatic heterocycles. The Morgan fingerprint density at radius 3 is 2.94 bits per heavy atom. The van der Waals surface area contributed by atoms with Crippen molar-refractivity contribution >= 4 is 15.9 Å². The minimum atomic E-state index is 0.0193. The molecule has 18 heavy (non-hydrogen) atoms. The number of ether oxygens (including phenoxy) is 2. The zero-order chi connectivity index (χ0) is 12.5. The summed E-state index contributed by atoms with van der Waals surface area (Å²) < 4.78 is 11.5. The molecule has 3 rings (SSSR count). The maximum atomic E-state index is 5.84. The fourth-order valence-corrected chi connectivity index (χ4v) is 2.33. The molecular formula is C12H12BrN3O2. The van der Waals surface area contributed by atoms with E-state index in [2.05, 4.69) is 25.9 Å². The lowest BCUT2D eigenvalue weighted by atomic mass is 9.98. The van der Waals surface area contributed by atoms with E-state index in [1.807, 2.05) is 18.2 Å². The Bertz CT molecular complexity index is 570. The minimum Gasteiger partial charge on any atom is -0.454 e. The molecule has 94 valence electrons. The third kappa shape index (κ3) is 1.97. The van der Waals surface area contributed by atoms with E-state index >= 15 is 0 Å². The number of H-pyrrole nitrogens is 1. The van der Waals surface area contributed by atoms with Crippen molar-refractivity contribution in [1.82, 2.24) is 9.97 Å². The van der Waals surface area contributed by atoms with Crippen LogP contribution in [-0.4, -0.2) is 23.3 Å². The monoisotopic (exact) mass is 309 g/mol. The van der Waals surface area contributed by atoms with Gasteiger partial charge in [-0.25, -0.2) is 4.98 Å². The number of halogens is 1. The van der Waals surface area contributed by atoms with Gasteiger partial charge in [-0.3, -0.25) is 0 Å². The van der Waals surface area contributed by atoms with Gasteiger partial charge >= 0.3 is 0 Å². The van der Waals surface area contributed by atoms with Crippen molar-refractivity contribution in [3.8, 4) is 11.5 Å². The van der Waals surface area contributed by atoms with E-state index in [1.165, 1.54) is 0 Å². The summed E-state index contributed by atoms with van der Waals surface area (Å²) in [6.45, 7) is 0.748. The van der Waals surface area contributed by atoms with Gasteiger partial charge in [0.2, 0.25) is 6.79 Å². The highest BCUT2D eigenvalue weighted by molar-refractivity contribution is 9.10. The summed E-state index contributed by atoms with van der Waals surface area (Å²) in [7, 11) is 0. The Kier molecular flexibility index (Phi) is 2.97. The molecule has 3 N–H and O–H groups in total. The molecular weight excluding hydrogens is 298 g/mol. The van der Waals surface area contributed by atoms with Crippen molar-refractivity contribution in [3.05, 3.63) is 40.4 Å². The van der Waals surface area contributed by atoms with Crippen LogP contribution in [0.25, 0.3) is 0 Å². The summed E-state index contributed by atoms with van der Waals surface area (Å²) in [5, 5.41) is 0. The van der Waals surface area contributed by atoms with E-state index in [9.17, 15) is 0 Å². The molecule has 1 unspecified atom stereocenters. The van der Waals surface area contributed by atoms with Gasteiger partial charge in [0.1, 0.15) is 10.4 Å². The molecule has 1 atom stereocenters. The van der Waals surface area contributed by atoms with Crippen molar-refractivity contribution in [2.24, 2.45) is 5.73 Å². The Balaban J connectivity index is 1.96. The molecule has 0 spiro atoms. The number of hydrogen-bond donors (Lipinski definition) is 2. The molecule has 0 fully saturated rings. The highest BCUT2D eigenvalue weighted by Crippen LogP contribution is 2.35. The van der Waals surface area contributed by atoms with Crippen LogP contribution >= 0.6 is 15.9 Å². The van der Waals surface area contributed by atoms with E-state index in [-0.39, 0.29) is 12.7 Å². The van der Waals surface area contributed by atoms with Crippen molar-refractivity contribution in [2.75, 3.05) is 13.3 Å². The third-order valence-corrected chi connectivity index (χ3v) is 3.33. The molecule has 1 aliphatic heterocycles. The Morgan fingerprint density at radius 1 is 1.39 bits per heavy atom. The van der Waals surface area contributed by atoms with Crippen molar-refractivity contribution in [1.29, 1.82) is 0 Å². The number of aromatic nitrogens is 2. The number of nitrogens with one attached hydrogen (secondary N) is 1. The average Bonchev–Trinajstić information content (AvgIpc) is 2.99. The number of benzene rings is 1. The second-order valence-electron chi connectivity index (χ2n) is 4.02. The topological polar surface area (TPSA) is 73.2 Å². The molecule has 0 bridgehead atoms. The molecule has 2 aromatic rings. The van der Waals surface area contributed by atoms with Crippen LogP contribution in [0.2, 0.25) is 0 Å². The van der Waals surface area contributed by atoms with Crippen LogP contribution in [0.1, 0.15) is 17.3 Å². The summed E-state index contributed by atoms with van der Waals surface area (Å²) in [6.07, 6.45) is 1.73. The van der Waals surface area contributed by atoms with Crippen molar-refractivity contribution < 1.29 is 9.47 Å². The van der Waals surface area contributed by atoms with Gasteiger partial charge in [-0.05, 0) is 33.6 Å². The number of rotatable bonds is 3. The quantitative estimate of drug-likeness (QED) is 0.909. The lowest BCUT2D eigenvalue weighted by Gasteiger charge is -2.13. The minimum absolute atomic E-state index is 0.0193. The van der Waals surface area contributed by atoms with Gasteiger partial charge in [-0.2, -0.15) is 0 Å². The van der Waals surface area contributed by atoms with E-state index in [0.29, 0.717) is 6.54 Å². The molecule has 5 nitrogen and oxygen atoms in total. The number of fused-ring (bicyclic) bond motifs is 1. The molecule has 6 heteroatoms. The van der Waals surface area contributed by atoms with Gasteiger partial charge in [0.25, 0.3) is 0 Å². The van der Waals surface area contributed by atoms with E-state index in [4.69, 9.17) is 15.2 Å². The predicted octanol–water partition coefficient (Wildman–Crippen LogP) is 1.99. The zero-order valence-corrected chi connectivity index (χ0v) is 11.1. The molecule has 0 saturated heterocycles.